The van der Waals surface area contributed by atoms with Crippen LogP contribution in [0.3, 0.4) is 0 Å². The van der Waals surface area contributed by atoms with Gasteiger partial charge in [-0.1, -0.05) is 86.1 Å². The Hall–Kier alpha value is -6.55. The first-order chi connectivity index (χ1) is 39.5. The Morgan fingerprint density at radius 1 is 0.976 bits per heavy atom. The van der Waals surface area contributed by atoms with Gasteiger partial charge in [0.05, 0.1) is 52.1 Å². The highest BCUT2D eigenvalue weighted by Crippen LogP contribution is 2.58. The molecule has 2 bridgehead atoms. The van der Waals surface area contributed by atoms with Crippen LogP contribution in [-0.4, -0.2) is 102 Å². The Morgan fingerprint density at radius 2 is 1.76 bits per heavy atom. The molecule has 3 amide bonds. The summed E-state index contributed by atoms with van der Waals surface area (Å²) in [4.78, 5) is 55.8. The van der Waals surface area contributed by atoms with Crippen LogP contribution in [0.5, 0.6) is 5.88 Å². The number of carbonyl (C=O) groups excluding carboxylic acids is 3. The van der Waals surface area contributed by atoms with E-state index in [1.807, 2.05) is 113 Å². The molecule has 12 rings (SSSR count). The summed E-state index contributed by atoms with van der Waals surface area (Å²) in [5.41, 5.74) is 9.87. The molecule has 5 unspecified atom stereocenters. The van der Waals surface area contributed by atoms with Gasteiger partial charge >= 0.3 is 7.12 Å². The van der Waals surface area contributed by atoms with E-state index in [4.69, 9.17) is 35.2 Å². The van der Waals surface area contributed by atoms with Crippen LogP contribution in [0.4, 0.5) is 0 Å². The average molecular weight is 1160 g/mol. The largest absolute Gasteiger partial charge is 0.495 e. The third-order valence-electron chi connectivity index (χ3n) is 17.5. The molecule has 7 heterocycles. The van der Waals surface area contributed by atoms with Gasteiger partial charge in [0.15, 0.2) is 11.6 Å². The summed E-state index contributed by atoms with van der Waals surface area (Å²) in [6, 6.07) is 23.5. The van der Waals surface area contributed by atoms with E-state index < -0.39 is 36.8 Å². The Morgan fingerprint density at radius 3 is 2.52 bits per heavy atom. The van der Waals surface area contributed by atoms with E-state index in [0.717, 1.165) is 91.6 Å². The Balaban J connectivity index is 0.679. The molecule has 3 aromatic carbocycles. The van der Waals surface area contributed by atoms with Crippen molar-refractivity contribution in [2.75, 3.05) is 13.1 Å². The minimum absolute atomic E-state index is 0.0181. The van der Waals surface area contributed by atoms with Crippen molar-refractivity contribution in [1.82, 2.24) is 40.4 Å². The third kappa shape index (κ3) is 10.5. The number of thiazole rings is 1. The van der Waals surface area contributed by atoms with Crippen LogP contribution in [0.1, 0.15) is 140 Å². The molecule has 4 aromatic heterocycles. The van der Waals surface area contributed by atoms with Crippen LogP contribution < -0.4 is 20.8 Å². The number of halogens is 1. The molecule has 9 atom stereocenters. The molecule has 0 radical (unpaired) electrons. The van der Waals surface area contributed by atoms with E-state index in [-0.39, 0.29) is 67.7 Å². The van der Waals surface area contributed by atoms with E-state index in [1.54, 1.807) is 28.7 Å². The number of aryl methyl sites for hydroxylation is 3. The number of hydrogen-bond acceptors (Lipinski definition) is 15. The number of nitrogens with zero attached hydrogens (tertiary/aromatic N) is 7. The maximum atomic E-state index is 14.5. The molecule has 17 nitrogen and oxygen atoms in total. The number of ether oxygens (including phenoxy) is 1. The number of hydrogen-bond donors (Lipinski definition) is 3. The summed E-state index contributed by atoms with van der Waals surface area (Å²) < 4.78 is 28.3. The monoisotopic (exact) mass is 1160 g/mol. The van der Waals surface area contributed by atoms with E-state index in [1.165, 1.54) is 9.78 Å². The van der Waals surface area contributed by atoms with Crippen LogP contribution in [0, 0.1) is 45.4 Å². The molecule has 0 spiro atoms. The lowest BCUT2D eigenvalue weighted by Crippen LogP contribution is -2.48. The molecule has 82 heavy (non-hydrogen) atoms. The highest BCUT2D eigenvalue weighted by Gasteiger charge is 2.65. The number of thiophene rings is 1. The number of amides is 3. The lowest BCUT2D eigenvalue weighted by molar-refractivity contribution is -0.141. The molecule has 2 saturated carbocycles. The minimum Gasteiger partial charge on any atom is -0.471 e. The summed E-state index contributed by atoms with van der Waals surface area (Å²) in [5, 5.41) is 32.1. The highest BCUT2D eigenvalue weighted by molar-refractivity contribution is 7.15. The molecule has 4 fully saturated rings. The number of aliphatic hydroxyl groups excluding tert-OH is 1. The van der Waals surface area contributed by atoms with Crippen molar-refractivity contribution in [2.45, 2.75) is 142 Å². The maximum absolute atomic E-state index is 14.5. The fourth-order valence-electron chi connectivity index (χ4n) is 13.3. The van der Waals surface area contributed by atoms with Gasteiger partial charge in [0.1, 0.15) is 35.4 Å². The number of fused-ring (bicyclic) bond motifs is 8. The number of likely N-dealkylation sites (tertiary alicyclic amines) is 1. The van der Waals surface area contributed by atoms with Gasteiger partial charge in [0, 0.05) is 46.6 Å². The van der Waals surface area contributed by atoms with Gasteiger partial charge in [-0.2, -0.15) is 0 Å². The van der Waals surface area contributed by atoms with Crippen LogP contribution in [0.15, 0.2) is 93.9 Å². The molecule has 7 aromatic rings. The fraction of sp³-hybridized carbons (Fsp3) is 0.443. The molecule has 2 aliphatic carbocycles. The predicted molar refractivity (Wildman–Crippen MR) is 315 cm³/mol. The second-order valence-corrected chi connectivity index (χ2v) is 25.6. The van der Waals surface area contributed by atoms with Gasteiger partial charge in [-0.3, -0.25) is 23.9 Å². The highest BCUT2D eigenvalue weighted by atomic mass is 35.5. The predicted octanol–water partition coefficient (Wildman–Crippen LogP) is 9.64. The molecular formula is C61H67BClN9O8S2. The zero-order valence-corrected chi connectivity index (χ0v) is 49.4. The number of β-amino-alcohol motifs (C(OH)–C–C–N with tert-alkyl or cyclic N) is 1. The third-order valence-corrected chi connectivity index (χ3v) is 20.0. The minimum atomic E-state index is -0.872. The van der Waals surface area contributed by atoms with Crippen molar-refractivity contribution in [2.24, 2.45) is 22.7 Å². The van der Waals surface area contributed by atoms with Crippen molar-refractivity contribution in [3.63, 3.8) is 0 Å². The van der Waals surface area contributed by atoms with Gasteiger partial charge in [0.2, 0.25) is 17.7 Å². The Labute approximate surface area is 490 Å². The first kappa shape index (κ1) is 56.0. The number of rotatable bonds is 18. The average Bonchev–Trinajstić information content (AvgIpc) is 4.55. The second kappa shape index (κ2) is 22.9. The van der Waals surface area contributed by atoms with E-state index in [9.17, 15) is 19.5 Å². The van der Waals surface area contributed by atoms with Gasteiger partial charge < -0.3 is 39.2 Å². The van der Waals surface area contributed by atoms with E-state index >= 15 is 0 Å². The number of aliphatic hydroxyl groups is 1. The van der Waals surface area contributed by atoms with Crippen LogP contribution in [0.25, 0.3) is 15.4 Å². The molecule has 3 aliphatic heterocycles. The molecule has 426 valence electrons. The van der Waals surface area contributed by atoms with Crippen LogP contribution in [-0.2, 0) is 30.3 Å². The summed E-state index contributed by atoms with van der Waals surface area (Å²) in [5.74, 6) is 0.793. The molecule has 3 N–H and O–H groups in total. The zero-order chi connectivity index (χ0) is 57.1. The van der Waals surface area contributed by atoms with E-state index in [2.05, 4.69) is 49.4 Å². The van der Waals surface area contributed by atoms with E-state index in [0.29, 0.717) is 41.4 Å². The van der Waals surface area contributed by atoms with Crippen molar-refractivity contribution < 1.29 is 38.1 Å². The number of benzene rings is 3. The first-order valence-electron chi connectivity index (χ1n) is 28.5. The number of carbonyl (C=O) groups is 3. The molecule has 2 saturated heterocycles. The van der Waals surface area contributed by atoms with Crippen LogP contribution >= 0.6 is 34.3 Å². The topological polar surface area (TPSA) is 208 Å². The van der Waals surface area contributed by atoms with Crippen molar-refractivity contribution in [3.8, 4) is 21.3 Å². The lowest BCUT2D eigenvalue weighted by atomic mass is 9.75. The Bertz CT molecular complexity index is 3560. The Kier molecular flexibility index (Phi) is 15.6. The standard InChI is InChI=1S/C61H67BClN9O8S2/c1-32(2)52(59(76)71-29-45(73)26-48(71)58(75)66-34(4)38-13-15-40(16-14-38)55-35(5)65-31-81-55)49-28-51(70-79-49)77-30-42-11-8-9-12-46(42)62-78-56-41-17-20-43(25-41)61(56,80-62)23-10-24-64-50(74)27-47-57-69-68-37(7)72(57)60-53(33(3)36(6)82-60)54(67-47)39-18-21-44(63)22-19-39/h8-9,11-16,18-19,21-22,28,31-32,34,41,43,45,47-48,52,56,73H,10,17,20,23-27,29-30H2,1-7H3,(H,64,74)(H,66,75)/t34-,41?,43?,45+,47-,48-,52?,56?,61?/m0/s1. The molecular weight excluding hydrogens is 1100 g/mol. The van der Waals surface area contributed by atoms with Gasteiger partial charge in [-0.05, 0) is 129 Å². The summed E-state index contributed by atoms with van der Waals surface area (Å²) >= 11 is 9.59. The number of aromatic nitrogens is 5. The molecule has 21 heteroatoms. The SMILES string of the molecule is Cc1ncsc1-c1ccc([C@H](C)NC(=O)[C@@H]2C[C@@H](O)CN2C(=O)C(c2cc(OCc3ccccc3B3OC4C5CCC(C5)C4(CCCNC(=O)C[C@@H]4N=C(c5ccc(Cl)cc5)c5c(sc(C)c5C)-n5c(C)nnc54)O3)no2)C(C)C)cc1. The van der Waals surface area contributed by atoms with Crippen molar-refractivity contribution in [1.29, 1.82) is 0 Å². The van der Waals surface area contributed by atoms with Gasteiger partial charge in [0.25, 0.3) is 5.88 Å². The van der Waals surface area contributed by atoms with Gasteiger partial charge in [-0.25, -0.2) is 4.98 Å². The van der Waals surface area contributed by atoms with Crippen molar-refractivity contribution >= 4 is 70.3 Å². The smallest absolute Gasteiger partial charge is 0.471 e. The number of aliphatic imine (C=N–C) groups is 1. The summed E-state index contributed by atoms with van der Waals surface area (Å²) in [6.07, 6.45) is 3.91. The quantitative estimate of drug-likeness (QED) is 0.0542. The van der Waals surface area contributed by atoms with Crippen LogP contribution in [0.2, 0.25) is 5.02 Å². The van der Waals surface area contributed by atoms with Crippen molar-refractivity contribution in [3.05, 3.63) is 145 Å². The second-order valence-electron chi connectivity index (χ2n) is 23.1. The summed E-state index contributed by atoms with van der Waals surface area (Å²) in [7, 11) is -0.624. The lowest BCUT2D eigenvalue weighted by Gasteiger charge is -2.38. The number of nitrogens with one attached hydrogen (secondary N) is 2. The fourth-order valence-corrected chi connectivity index (χ4v) is 15.4. The maximum Gasteiger partial charge on any atom is 0.495 e. The molecule has 5 aliphatic rings. The first-order valence-corrected chi connectivity index (χ1v) is 30.6. The summed E-state index contributed by atoms with van der Waals surface area (Å²) in [6.45, 7) is 14.5. The van der Waals surface area contributed by atoms with Gasteiger partial charge in [-0.15, -0.1) is 32.9 Å². The zero-order valence-electron chi connectivity index (χ0n) is 47.1. The normalized spacial score (nSPS) is 23.3.